The fourth-order valence-corrected chi connectivity index (χ4v) is 4.20. The molecule has 2 heterocycles. The van der Waals surface area contributed by atoms with Gasteiger partial charge in [-0.2, -0.15) is 5.10 Å². The number of aromatic nitrogens is 2. The van der Waals surface area contributed by atoms with Gasteiger partial charge in [-0.05, 0) is 49.6 Å². The van der Waals surface area contributed by atoms with E-state index in [1.165, 1.54) is 0 Å². The van der Waals surface area contributed by atoms with Crippen molar-refractivity contribution in [3.63, 3.8) is 0 Å². The van der Waals surface area contributed by atoms with Gasteiger partial charge in [0, 0.05) is 37.4 Å². The Labute approximate surface area is 188 Å². The molecule has 1 saturated heterocycles. The van der Waals surface area contributed by atoms with Crippen LogP contribution in [-0.2, 0) is 6.54 Å². The normalized spacial score (nSPS) is 18.5. The Hall–Kier alpha value is -3.32. The zero-order chi connectivity index (χ0) is 21.9. The number of nitrogens with zero attached hydrogens (tertiary/aromatic N) is 3. The highest BCUT2D eigenvalue weighted by atomic mass is 16.5. The monoisotopic (exact) mass is 431 g/mol. The lowest BCUT2D eigenvalue weighted by atomic mass is 10.1. The van der Waals surface area contributed by atoms with Crippen molar-refractivity contribution in [2.75, 3.05) is 25.5 Å². The van der Waals surface area contributed by atoms with Crippen molar-refractivity contribution in [2.24, 2.45) is 0 Å². The average molecular weight is 432 g/mol. The molecule has 7 heteroatoms. The SMILES string of the molecule is CN1CC[C@H](Oc2cc(-c3cn[nH]c3)ccc2NC(=O)N(Cc2ccccc2)C2CC2)C1. The minimum Gasteiger partial charge on any atom is -0.487 e. The zero-order valence-corrected chi connectivity index (χ0v) is 18.3. The third kappa shape index (κ3) is 4.78. The van der Waals surface area contributed by atoms with Gasteiger partial charge in [0.1, 0.15) is 11.9 Å². The summed E-state index contributed by atoms with van der Waals surface area (Å²) in [6.45, 7) is 2.50. The molecule has 2 aliphatic rings. The molecule has 0 radical (unpaired) electrons. The number of H-pyrrole nitrogens is 1. The molecule has 7 nitrogen and oxygen atoms in total. The lowest BCUT2D eigenvalue weighted by Crippen LogP contribution is -2.36. The summed E-state index contributed by atoms with van der Waals surface area (Å²) in [6, 6.07) is 16.3. The number of benzene rings is 2. The summed E-state index contributed by atoms with van der Waals surface area (Å²) in [5.74, 6) is 0.702. The Balaban J connectivity index is 1.37. The van der Waals surface area contributed by atoms with Crippen molar-refractivity contribution >= 4 is 11.7 Å². The van der Waals surface area contributed by atoms with Gasteiger partial charge in [0.15, 0.2) is 0 Å². The molecule has 0 unspecified atom stereocenters. The quantitative estimate of drug-likeness (QED) is 0.583. The number of likely N-dealkylation sites (tertiary alicyclic amines) is 1. The lowest BCUT2D eigenvalue weighted by molar-refractivity contribution is 0.202. The molecule has 2 N–H and O–H groups in total. The number of carbonyl (C=O) groups excluding carboxylic acids is 1. The second-order valence-electron chi connectivity index (χ2n) is 8.76. The Morgan fingerprint density at radius 2 is 2.03 bits per heavy atom. The number of likely N-dealkylation sites (N-methyl/N-ethyl adjacent to an activating group) is 1. The summed E-state index contributed by atoms with van der Waals surface area (Å²) < 4.78 is 6.39. The summed E-state index contributed by atoms with van der Waals surface area (Å²) in [7, 11) is 2.10. The molecule has 3 aromatic rings. The van der Waals surface area contributed by atoms with E-state index in [0.717, 1.165) is 49.0 Å². The summed E-state index contributed by atoms with van der Waals surface area (Å²) in [6.07, 6.45) is 6.83. The van der Waals surface area contributed by atoms with Crippen LogP contribution in [0.4, 0.5) is 10.5 Å². The maximum absolute atomic E-state index is 13.3. The van der Waals surface area contributed by atoms with Gasteiger partial charge in [-0.3, -0.25) is 5.10 Å². The highest BCUT2D eigenvalue weighted by molar-refractivity contribution is 5.92. The van der Waals surface area contributed by atoms with E-state index in [9.17, 15) is 4.79 Å². The molecule has 2 amide bonds. The Morgan fingerprint density at radius 3 is 2.72 bits per heavy atom. The first-order chi connectivity index (χ1) is 15.7. The molecule has 2 fully saturated rings. The van der Waals surface area contributed by atoms with E-state index < -0.39 is 0 Å². The number of urea groups is 1. The van der Waals surface area contributed by atoms with Crippen molar-refractivity contribution in [1.29, 1.82) is 0 Å². The lowest BCUT2D eigenvalue weighted by Gasteiger charge is -2.24. The molecule has 32 heavy (non-hydrogen) atoms. The standard InChI is InChI=1S/C25H29N5O2/c1-29-12-11-22(17-29)32-24-13-19(20-14-26-27-15-20)7-10-23(24)28-25(31)30(21-8-9-21)16-18-5-3-2-4-6-18/h2-7,10,13-15,21-22H,8-9,11-12,16-17H2,1H3,(H,26,27)(H,28,31)/t22-/m0/s1. The van der Waals surface area contributed by atoms with Crippen LogP contribution >= 0.6 is 0 Å². The smallest absolute Gasteiger partial charge is 0.322 e. The summed E-state index contributed by atoms with van der Waals surface area (Å²) in [5.41, 5.74) is 3.83. The van der Waals surface area contributed by atoms with Gasteiger partial charge in [0.25, 0.3) is 0 Å². The van der Waals surface area contributed by atoms with E-state index in [0.29, 0.717) is 24.0 Å². The van der Waals surface area contributed by atoms with Crippen LogP contribution in [0.1, 0.15) is 24.8 Å². The first-order valence-electron chi connectivity index (χ1n) is 11.3. The van der Waals surface area contributed by atoms with E-state index in [-0.39, 0.29) is 12.1 Å². The Kier molecular flexibility index (Phi) is 5.81. The number of hydrogen-bond donors (Lipinski definition) is 2. The molecular weight excluding hydrogens is 402 g/mol. The maximum atomic E-state index is 13.3. The topological polar surface area (TPSA) is 73.5 Å². The minimum atomic E-state index is -0.0826. The summed E-state index contributed by atoms with van der Waals surface area (Å²) in [5, 5.41) is 10.0. The van der Waals surface area contributed by atoms with Gasteiger partial charge in [-0.25, -0.2) is 4.79 Å². The molecule has 1 atom stereocenters. The van der Waals surface area contributed by atoms with Gasteiger partial charge in [-0.1, -0.05) is 36.4 Å². The van der Waals surface area contributed by atoms with Crippen LogP contribution in [0.3, 0.4) is 0 Å². The molecule has 1 aromatic heterocycles. The maximum Gasteiger partial charge on any atom is 0.322 e. The predicted octanol–water partition coefficient (Wildman–Crippen LogP) is 4.36. The fraction of sp³-hybridized carbons (Fsp3) is 0.360. The van der Waals surface area contributed by atoms with Crippen molar-refractivity contribution in [3.8, 4) is 16.9 Å². The number of ether oxygens (including phenoxy) is 1. The van der Waals surface area contributed by atoms with Gasteiger partial charge in [0.2, 0.25) is 0 Å². The van der Waals surface area contributed by atoms with Crippen LogP contribution in [0.5, 0.6) is 5.75 Å². The first kappa shape index (κ1) is 20.6. The molecule has 1 aliphatic carbocycles. The average Bonchev–Trinajstić information content (AvgIpc) is 3.32. The molecule has 1 aliphatic heterocycles. The largest absolute Gasteiger partial charge is 0.487 e. The van der Waals surface area contributed by atoms with Crippen molar-refractivity contribution in [3.05, 3.63) is 66.5 Å². The number of amides is 2. The highest BCUT2D eigenvalue weighted by Crippen LogP contribution is 2.34. The third-order valence-corrected chi connectivity index (χ3v) is 6.14. The first-order valence-corrected chi connectivity index (χ1v) is 11.3. The van der Waals surface area contributed by atoms with E-state index >= 15 is 0 Å². The molecular formula is C25H29N5O2. The third-order valence-electron chi connectivity index (χ3n) is 6.14. The minimum absolute atomic E-state index is 0.0826. The van der Waals surface area contributed by atoms with Crippen LogP contribution in [0.25, 0.3) is 11.1 Å². The van der Waals surface area contributed by atoms with E-state index in [1.807, 2.05) is 47.5 Å². The Morgan fingerprint density at radius 1 is 1.19 bits per heavy atom. The second-order valence-corrected chi connectivity index (χ2v) is 8.76. The van der Waals surface area contributed by atoms with E-state index in [2.05, 4.69) is 39.6 Å². The summed E-state index contributed by atoms with van der Waals surface area (Å²) >= 11 is 0. The van der Waals surface area contributed by atoms with Crippen molar-refractivity contribution in [1.82, 2.24) is 20.0 Å². The van der Waals surface area contributed by atoms with Crippen LogP contribution in [0, 0.1) is 0 Å². The Bertz CT molecular complexity index is 1050. The molecule has 5 rings (SSSR count). The number of anilines is 1. The van der Waals surface area contributed by atoms with E-state index in [1.54, 1.807) is 6.20 Å². The van der Waals surface area contributed by atoms with Crippen molar-refractivity contribution in [2.45, 2.75) is 38.0 Å². The highest BCUT2D eigenvalue weighted by Gasteiger charge is 2.33. The molecule has 0 spiro atoms. The number of hydrogen-bond acceptors (Lipinski definition) is 4. The molecule has 166 valence electrons. The van der Waals surface area contributed by atoms with E-state index in [4.69, 9.17) is 4.74 Å². The number of carbonyl (C=O) groups is 1. The van der Waals surface area contributed by atoms with Gasteiger partial charge in [-0.15, -0.1) is 0 Å². The van der Waals surface area contributed by atoms with Gasteiger partial charge < -0.3 is 19.9 Å². The van der Waals surface area contributed by atoms with Crippen LogP contribution in [-0.4, -0.2) is 58.3 Å². The summed E-state index contributed by atoms with van der Waals surface area (Å²) in [4.78, 5) is 17.5. The second kappa shape index (κ2) is 9.04. The van der Waals surface area contributed by atoms with Crippen molar-refractivity contribution < 1.29 is 9.53 Å². The number of rotatable bonds is 7. The number of aromatic amines is 1. The van der Waals surface area contributed by atoms with Gasteiger partial charge >= 0.3 is 6.03 Å². The molecule has 1 saturated carbocycles. The zero-order valence-electron chi connectivity index (χ0n) is 18.3. The van der Waals surface area contributed by atoms with Crippen LogP contribution < -0.4 is 10.1 Å². The van der Waals surface area contributed by atoms with Crippen LogP contribution in [0.15, 0.2) is 60.9 Å². The molecule has 0 bridgehead atoms. The number of nitrogens with one attached hydrogen (secondary N) is 2. The fourth-order valence-electron chi connectivity index (χ4n) is 4.20. The van der Waals surface area contributed by atoms with Gasteiger partial charge in [0.05, 0.1) is 11.9 Å². The van der Waals surface area contributed by atoms with Crippen LogP contribution in [0.2, 0.25) is 0 Å². The molecule has 2 aromatic carbocycles. The predicted molar refractivity (Wildman–Crippen MR) is 125 cm³/mol.